The third-order valence-electron chi connectivity index (χ3n) is 1.82. The highest BCUT2D eigenvalue weighted by molar-refractivity contribution is 7.12. The van der Waals surface area contributed by atoms with Crippen LogP contribution in [-0.4, -0.2) is 25.0 Å². The summed E-state index contributed by atoms with van der Waals surface area (Å²) in [6, 6.07) is 3.34. The predicted molar refractivity (Wildman–Crippen MR) is 57.9 cm³/mol. The van der Waals surface area contributed by atoms with Gasteiger partial charge in [0.1, 0.15) is 0 Å². The van der Waals surface area contributed by atoms with E-state index in [0.29, 0.717) is 4.88 Å². The number of nitrogens with one attached hydrogen (secondary N) is 1. The monoisotopic (exact) mass is 227 g/mol. The first-order valence-corrected chi connectivity index (χ1v) is 5.42. The Morgan fingerprint density at radius 1 is 1.60 bits per heavy atom. The van der Waals surface area contributed by atoms with Crippen molar-refractivity contribution in [3.8, 4) is 0 Å². The van der Waals surface area contributed by atoms with E-state index in [-0.39, 0.29) is 24.3 Å². The van der Waals surface area contributed by atoms with Gasteiger partial charge in [-0.05, 0) is 18.4 Å². The standard InChI is InChI=1S/C10H13NO3S/c1-7(6-9(12)14-2)11-10(13)8-4-3-5-15-8/h3-5,7H,6H2,1-2H3,(H,11,13)/t7-/m0/s1. The molecule has 15 heavy (non-hydrogen) atoms. The van der Waals surface area contributed by atoms with Crippen molar-refractivity contribution in [2.45, 2.75) is 19.4 Å². The number of ether oxygens (including phenoxy) is 1. The molecule has 4 nitrogen and oxygen atoms in total. The van der Waals surface area contributed by atoms with Crippen LogP contribution in [-0.2, 0) is 9.53 Å². The highest BCUT2D eigenvalue weighted by Crippen LogP contribution is 2.08. The lowest BCUT2D eigenvalue weighted by Crippen LogP contribution is -2.33. The van der Waals surface area contributed by atoms with E-state index in [9.17, 15) is 9.59 Å². The van der Waals surface area contributed by atoms with Crippen LogP contribution in [0.2, 0.25) is 0 Å². The van der Waals surface area contributed by atoms with Crippen LogP contribution in [0.4, 0.5) is 0 Å². The lowest BCUT2D eigenvalue weighted by molar-refractivity contribution is -0.141. The average molecular weight is 227 g/mol. The molecule has 0 aromatic carbocycles. The van der Waals surface area contributed by atoms with Gasteiger partial charge in [-0.3, -0.25) is 9.59 Å². The van der Waals surface area contributed by atoms with E-state index in [2.05, 4.69) is 10.1 Å². The lowest BCUT2D eigenvalue weighted by atomic mass is 10.2. The largest absolute Gasteiger partial charge is 0.469 e. The summed E-state index contributed by atoms with van der Waals surface area (Å²) < 4.78 is 4.51. The zero-order valence-corrected chi connectivity index (χ0v) is 9.47. The Morgan fingerprint density at radius 3 is 2.87 bits per heavy atom. The zero-order chi connectivity index (χ0) is 11.3. The van der Waals surface area contributed by atoms with Gasteiger partial charge in [0.2, 0.25) is 0 Å². The highest BCUT2D eigenvalue weighted by atomic mass is 32.1. The van der Waals surface area contributed by atoms with Crippen LogP contribution in [0, 0.1) is 0 Å². The zero-order valence-electron chi connectivity index (χ0n) is 8.65. The minimum Gasteiger partial charge on any atom is -0.469 e. The molecule has 0 unspecified atom stereocenters. The maximum atomic E-state index is 11.5. The Kier molecular flexibility index (Phi) is 4.30. The Bertz CT molecular complexity index is 334. The molecule has 0 spiro atoms. The number of thiophene rings is 1. The van der Waals surface area contributed by atoms with Crippen molar-refractivity contribution in [3.05, 3.63) is 22.4 Å². The van der Waals surface area contributed by atoms with Crippen LogP contribution in [0.1, 0.15) is 23.0 Å². The predicted octanol–water partition coefficient (Wildman–Crippen LogP) is 1.43. The van der Waals surface area contributed by atoms with Gasteiger partial charge in [0, 0.05) is 6.04 Å². The summed E-state index contributed by atoms with van der Waals surface area (Å²) in [6.45, 7) is 1.77. The molecular weight excluding hydrogens is 214 g/mol. The van der Waals surface area contributed by atoms with Crippen molar-refractivity contribution in [1.29, 1.82) is 0 Å². The highest BCUT2D eigenvalue weighted by Gasteiger charge is 2.13. The van der Waals surface area contributed by atoms with Crippen LogP contribution in [0.15, 0.2) is 17.5 Å². The van der Waals surface area contributed by atoms with E-state index < -0.39 is 0 Å². The molecule has 0 aliphatic rings. The Morgan fingerprint density at radius 2 is 2.33 bits per heavy atom. The molecule has 0 radical (unpaired) electrons. The Labute approximate surface area is 92.2 Å². The van der Waals surface area contributed by atoms with Gasteiger partial charge >= 0.3 is 5.97 Å². The first kappa shape index (κ1) is 11.7. The number of rotatable bonds is 4. The van der Waals surface area contributed by atoms with Crippen molar-refractivity contribution in [1.82, 2.24) is 5.32 Å². The van der Waals surface area contributed by atoms with E-state index in [1.54, 1.807) is 13.0 Å². The average Bonchev–Trinajstić information content (AvgIpc) is 2.70. The van der Waals surface area contributed by atoms with E-state index in [1.807, 2.05) is 11.4 Å². The number of esters is 1. The summed E-state index contributed by atoms with van der Waals surface area (Å²) in [7, 11) is 1.33. The third-order valence-corrected chi connectivity index (χ3v) is 2.69. The SMILES string of the molecule is COC(=O)C[C@H](C)NC(=O)c1cccs1. The number of carbonyl (C=O) groups excluding carboxylic acids is 2. The molecule has 0 saturated heterocycles. The summed E-state index contributed by atoms with van der Waals surface area (Å²) in [4.78, 5) is 23.1. The van der Waals surface area contributed by atoms with Gasteiger partial charge in [-0.15, -0.1) is 11.3 Å². The van der Waals surface area contributed by atoms with Crippen LogP contribution in [0.3, 0.4) is 0 Å². The molecule has 0 aliphatic carbocycles. The fourth-order valence-electron chi connectivity index (χ4n) is 1.09. The molecule has 1 N–H and O–H groups in total. The third kappa shape index (κ3) is 3.71. The molecule has 0 saturated carbocycles. The topological polar surface area (TPSA) is 55.4 Å². The second-order valence-electron chi connectivity index (χ2n) is 3.13. The first-order chi connectivity index (χ1) is 7.13. The van der Waals surface area contributed by atoms with Gasteiger partial charge < -0.3 is 10.1 Å². The minimum atomic E-state index is -0.325. The fraction of sp³-hybridized carbons (Fsp3) is 0.400. The maximum absolute atomic E-state index is 11.5. The summed E-state index contributed by atoms with van der Waals surface area (Å²) in [5, 5.41) is 4.55. The molecule has 1 aromatic rings. The molecule has 1 amide bonds. The van der Waals surface area contributed by atoms with Crippen LogP contribution in [0.25, 0.3) is 0 Å². The lowest BCUT2D eigenvalue weighted by Gasteiger charge is -2.11. The number of carbonyl (C=O) groups is 2. The Balaban J connectivity index is 2.42. The van der Waals surface area contributed by atoms with Crippen LogP contribution < -0.4 is 5.32 Å². The minimum absolute atomic E-state index is 0.151. The fourth-order valence-corrected chi connectivity index (χ4v) is 1.71. The number of hydrogen-bond donors (Lipinski definition) is 1. The quantitative estimate of drug-likeness (QED) is 0.792. The first-order valence-electron chi connectivity index (χ1n) is 4.54. The second-order valence-corrected chi connectivity index (χ2v) is 4.08. The molecule has 0 fully saturated rings. The molecule has 1 heterocycles. The molecule has 0 bridgehead atoms. The van der Waals surface area contributed by atoms with Crippen molar-refractivity contribution in [2.75, 3.05) is 7.11 Å². The van der Waals surface area contributed by atoms with Crippen molar-refractivity contribution >= 4 is 23.2 Å². The van der Waals surface area contributed by atoms with Gasteiger partial charge in [0.05, 0.1) is 18.4 Å². The van der Waals surface area contributed by atoms with E-state index in [4.69, 9.17) is 0 Å². The van der Waals surface area contributed by atoms with Gasteiger partial charge in [-0.25, -0.2) is 0 Å². The molecule has 1 rings (SSSR count). The van der Waals surface area contributed by atoms with Gasteiger partial charge in [0.25, 0.3) is 5.91 Å². The van der Waals surface area contributed by atoms with Crippen molar-refractivity contribution < 1.29 is 14.3 Å². The summed E-state index contributed by atoms with van der Waals surface area (Å²) in [5.41, 5.74) is 0. The summed E-state index contributed by atoms with van der Waals surface area (Å²) in [5.74, 6) is -0.476. The smallest absolute Gasteiger partial charge is 0.307 e. The molecule has 82 valence electrons. The van der Waals surface area contributed by atoms with Gasteiger partial charge in [0.15, 0.2) is 0 Å². The molecule has 1 atom stereocenters. The van der Waals surface area contributed by atoms with E-state index >= 15 is 0 Å². The van der Waals surface area contributed by atoms with Crippen molar-refractivity contribution in [3.63, 3.8) is 0 Å². The maximum Gasteiger partial charge on any atom is 0.307 e. The summed E-state index contributed by atoms with van der Waals surface area (Å²) in [6.07, 6.45) is 0.188. The van der Waals surface area contributed by atoms with Gasteiger partial charge in [-0.1, -0.05) is 6.07 Å². The number of amides is 1. The van der Waals surface area contributed by atoms with Crippen molar-refractivity contribution in [2.24, 2.45) is 0 Å². The molecule has 0 aliphatic heterocycles. The Hall–Kier alpha value is -1.36. The van der Waals surface area contributed by atoms with E-state index in [1.165, 1.54) is 18.4 Å². The molecule has 5 heteroatoms. The van der Waals surface area contributed by atoms with Gasteiger partial charge in [-0.2, -0.15) is 0 Å². The van der Waals surface area contributed by atoms with E-state index in [0.717, 1.165) is 0 Å². The van der Waals surface area contributed by atoms with Crippen LogP contribution >= 0.6 is 11.3 Å². The van der Waals surface area contributed by atoms with Crippen LogP contribution in [0.5, 0.6) is 0 Å². The summed E-state index contributed by atoms with van der Waals surface area (Å²) >= 11 is 1.37. The molecule has 1 aromatic heterocycles. The second kappa shape index (κ2) is 5.50. The normalized spacial score (nSPS) is 11.9. The number of methoxy groups -OCH3 is 1. The number of hydrogen-bond acceptors (Lipinski definition) is 4. The molecular formula is C10H13NO3S.